The molecule has 2 N–H and O–H groups in total. The van der Waals surface area contributed by atoms with E-state index in [4.69, 9.17) is 10.2 Å². The van der Waals surface area contributed by atoms with Crippen LogP contribution in [0.4, 0.5) is 0 Å². The molecule has 0 aliphatic carbocycles. The molecule has 0 unspecified atom stereocenters. The lowest BCUT2D eigenvalue weighted by molar-refractivity contribution is -0.129. The van der Waals surface area contributed by atoms with Crippen molar-refractivity contribution in [1.29, 1.82) is 0 Å². The highest BCUT2D eigenvalue weighted by Gasteiger charge is 2.29. The quantitative estimate of drug-likeness (QED) is 0.221. The maximum absolute atomic E-state index is 12.0. The van der Waals surface area contributed by atoms with Crippen molar-refractivity contribution in [3.05, 3.63) is 119 Å². The minimum atomic E-state index is -0.920. The Kier molecular flexibility index (Phi) is 14.7. The minimum Gasteiger partial charge on any atom is -0.478 e. The molecule has 244 valence electrons. The summed E-state index contributed by atoms with van der Waals surface area (Å²) in [4.78, 5) is 49.6. The van der Waals surface area contributed by atoms with Gasteiger partial charge in [-0.1, -0.05) is 86.7 Å². The summed E-state index contributed by atoms with van der Waals surface area (Å²) in [5.74, 6) is -1.45. The summed E-state index contributed by atoms with van der Waals surface area (Å²) in [6, 6.07) is 14.0. The minimum absolute atomic E-state index is 0.169. The summed E-state index contributed by atoms with van der Waals surface area (Å²) in [7, 11) is 0. The number of nitrogens with zero attached hydrogens (tertiary/aromatic N) is 2. The van der Waals surface area contributed by atoms with Crippen LogP contribution in [0.2, 0.25) is 0 Å². The summed E-state index contributed by atoms with van der Waals surface area (Å²) in [5, 5.41) is 17.8. The molecule has 4 rings (SSSR count). The van der Waals surface area contributed by atoms with Gasteiger partial charge in [0.15, 0.2) is 0 Å². The van der Waals surface area contributed by atoms with Gasteiger partial charge < -0.3 is 20.0 Å². The molecule has 2 amide bonds. The average molecular weight is 627 g/mol. The van der Waals surface area contributed by atoms with Gasteiger partial charge in [-0.15, -0.1) is 0 Å². The van der Waals surface area contributed by atoms with Crippen LogP contribution in [-0.2, 0) is 22.4 Å². The number of benzene rings is 2. The van der Waals surface area contributed by atoms with Crippen molar-refractivity contribution in [3.8, 4) is 0 Å². The molecule has 2 aromatic carbocycles. The molecule has 2 fully saturated rings. The summed E-state index contributed by atoms with van der Waals surface area (Å²) in [5.41, 5.74) is 2.66. The van der Waals surface area contributed by atoms with E-state index in [0.29, 0.717) is 25.9 Å². The van der Waals surface area contributed by atoms with Crippen LogP contribution in [0.25, 0.3) is 0 Å². The lowest BCUT2D eigenvalue weighted by atomic mass is 10.1. The van der Waals surface area contributed by atoms with Gasteiger partial charge in [0, 0.05) is 25.9 Å². The molecule has 8 nitrogen and oxygen atoms in total. The van der Waals surface area contributed by atoms with Crippen molar-refractivity contribution in [2.45, 2.75) is 77.3 Å². The molecule has 0 spiro atoms. The van der Waals surface area contributed by atoms with Crippen LogP contribution in [0.15, 0.2) is 97.1 Å². The summed E-state index contributed by atoms with van der Waals surface area (Å²) in [6.45, 7) is 5.51. The Morgan fingerprint density at radius 3 is 1.35 bits per heavy atom. The van der Waals surface area contributed by atoms with Crippen LogP contribution < -0.4 is 0 Å². The van der Waals surface area contributed by atoms with Gasteiger partial charge in [-0.25, -0.2) is 9.59 Å². The lowest BCUT2D eigenvalue weighted by Gasteiger charge is -2.22. The van der Waals surface area contributed by atoms with Crippen LogP contribution >= 0.6 is 0 Å². The highest BCUT2D eigenvalue weighted by atomic mass is 16.4. The largest absolute Gasteiger partial charge is 0.478 e. The van der Waals surface area contributed by atoms with E-state index in [-0.39, 0.29) is 35.0 Å². The van der Waals surface area contributed by atoms with Crippen molar-refractivity contribution in [1.82, 2.24) is 9.80 Å². The van der Waals surface area contributed by atoms with Gasteiger partial charge in [0.25, 0.3) is 0 Å². The topological polar surface area (TPSA) is 115 Å². The van der Waals surface area contributed by atoms with E-state index in [1.165, 1.54) is 0 Å². The number of allylic oxidation sites excluding steroid dienone is 6. The SMILES string of the molecule is CC/C=C/C=C/[C@H]1CCC(=O)N1CCc1ccc(C(=O)O)cc1.CC/C=C/C=C\[C@H]1CCC(=O)N1CCc1ccc(C(=O)O)cc1. The number of hydrogen-bond donors (Lipinski definition) is 2. The Labute approximate surface area is 272 Å². The van der Waals surface area contributed by atoms with Gasteiger partial charge >= 0.3 is 11.9 Å². The molecule has 0 aromatic heterocycles. The number of hydrogen-bond acceptors (Lipinski definition) is 4. The second-order valence-corrected chi connectivity index (χ2v) is 11.3. The Hall–Kier alpha value is -4.72. The Bertz CT molecular complexity index is 1310. The molecular weight excluding hydrogens is 580 g/mol. The van der Waals surface area contributed by atoms with E-state index in [2.05, 4.69) is 38.2 Å². The fourth-order valence-corrected chi connectivity index (χ4v) is 5.43. The van der Waals surface area contributed by atoms with E-state index in [9.17, 15) is 19.2 Å². The van der Waals surface area contributed by atoms with Crippen molar-refractivity contribution < 1.29 is 29.4 Å². The van der Waals surface area contributed by atoms with Crippen LogP contribution in [0, 0.1) is 0 Å². The van der Waals surface area contributed by atoms with Crippen molar-refractivity contribution in [2.24, 2.45) is 0 Å². The molecule has 2 aromatic rings. The summed E-state index contributed by atoms with van der Waals surface area (Å²) >= 11 is 0. The second kappa shape index (κ2) is 18.9. The molecular formula is C38H46N2O6. The molecule has 2 heterocycles. The van der Waals surface area contributed by atoms with Crippen LogP contribution in [-0.4, -0.2) is 68.9 Å². The number of carboxylic acids is 2. The van der Waals surface area contributed by atoms with Crippen molar-refractivity contribution in [3.63, 3.8) is 0 Å². The lowest BCUT2D eigenvalue weighted by Crippen LogP contribution is -2.33. The predicted octanol–water partition coefficient (Wildman–Crippen LogP) is 6.88. The van der Waals surface area contributed by atoms with E-state index < -0.39 is 11.9 Å². The summed E-state index contributed by atoms with van der Waals surface area (Å²) in [6.07, 6.45) is 22.8. The molecule has 2 aliphatic heterocycles. The third kappa shape index (κ3) is 11.3. The average Bonchev–Trinajstić information content (AvgIpc) is 3.60. The van der Waals surface area contributed by atoms with Crippen molar-refractivity contribution in [2.75, 3.05) is 13.1 Å². The maximum Gasteiger partial charge on any atom is 0.335 e. The molecule has 0 radical (unpaired) electrons. The molecule has 46 heavy (non-hydrogen) atoms. The fraction of sp³-hybridized carbons (Fsp3) is 0.368. The Balaban J connectivity index is 0.000000250. The van der Waals surface area contributed by atoms with Gasteiger partial charge in [-0.3, -0.25) is 9.59 Å². The van der Waals surface area contributed by atoms with E-state index in [0.717, 1.165) is 49.7 Å². The number of likely N-dealkylation sites (tertiary alicyclic amines) is 2. The number of carbonyl (C=O) groups is 4. The normalized spacial score (nSPS) is 18.4. The smallest absolute Gasteiger partial charge is 0.335 e. The third-order valence-corrected chi connectivity index (χ3v) is 8.07. The number of aromatic carboxylic acids is 2. The first-order chi connectivity index (χ1) is 22.2. The molecule has 8 heteroatoms. The van der Waals surface area contributed by atoms with Crippen molar-refractivity contribution >= 4 is 23.8 Å². The van der Waals surface area contributed by atoms with Gasteiger partial charge in [0.2, 0.25) is 11.8 Å². The molecule has 0 saturated carbocycles. The number of rotatable bonds is 14. The highest BCUT2D eigenvalue weighted by Crippen LogP contribution is 2.22. The van der Waals surface area contributed by atoms with E-state index in [1.54, 1.807) is 24.3 Å². The van der Waals surface area contributed by atoms with Gasteiger partial charge in [0.1, 0.15) is 0 Å². The molecule has 2 aliphatic rings. The molecule has 2 atom stereocenters. The summed E-state index contributed by atoms with van der Waals surface area (Å²) < 4.78 is 0. The molecule has 2 saturated heterocycles. The monoisotopic (exact) mass is 626 g/mol. The zero-order chi connectivity index (χ0) is 33.3. The first-order valence-electron chi connectivity index (χ1n) is 16.1. The second-order valence-electron chi connectivity index (χ2n) is 11.3. The predicted molar refractivity (Wildman–Crippen MR) is 181 cm³/mol. The van der Waals surface area contributed by atoms with Gasteiger partial charge in [0.05, 0.1) is 23.2 Å². The first kappa shape index (κ1) is 35.8. The molecule has 0 bridgehead atoms. The van der Waals surface area contributed by atoms with E-state index in [1.807, 2.05) is 58.4 Å². The highest BCUT2D eigenvalue weighted by molar-refractivity contribution is 5.88. The van der Waals surface area contributed by atoms with Gasteiger partial charge in [-0.05, 0) is 73.9 Å². The van der Waals surface area contributed by atoms with E-state index >= 15 is 0 Å². The number of carboxylic acid groups (broad SMARTS) is 2. The van der Waals surface area contributed by atoms with Crippen LogP contribution in [0.5, 0.6) is 0 Å². The first-order valence-corrected chi connectivity index (χ1v) is 16.1. The third-order valence-electron chi connectivity index (χ3n) is 8.07. The Morgan fingerprint density at radius 1 is 0.652 bits per heavy atom. The number of carbonyl (C=O) groups excluding carboxylic acids is 2. The maximum atomic E-state index is 12.0. The zero-order valence-electron chi connectivity index (χ0n) is 26.9. The Morgan fingerprint density at radius 2 is 1.02 bits per heavy atom. The standard InChI is InChI=1S/2C19H23NO3/c2*1-2-3-4-5-6-17-11-12-18(21)20(17)14-13-15-7-9-16(10-8-15)19(22)23/h2*3-10,17H,2,11-14H2,1H3,(H,22,23)/b4-3+,6-5+;4-3+,6-5-/t2*17-/m00/s1. The zero-order valence-corrected chi connectivity index (χ0v) is 26.9. The fourth-order valence-electron chi connectivity index (χ4n) is 5.43. The number of amides is 2. The van der Waals surface area contributed by atoms with Crippen LogP contribution in [0.1, 0.15) is 84.2 Å². The van der Waals surface area contributed by atoms with Crippen LogP contribution in [0.3, 0.4) is 0 Å². The van der Waals surface area contributed by atoms with Gasteiger partial charge in [-0.2, -0.15) is 0 Å².